The van der Waals surface area contributed by atoms with E-state index in [1.165, 1.54) is 11.1 Å². The summed E-state index contributed by atoms with van der Waals surface area (Å²) in [6.07, 6.45) is 2.13. The highest BCUT2D eigenvalue weighted by Crippen LogP contribution is 2.41. The van der Waals surface area contributed by atoms with Crippen molar-refractivity contribution in [2.24, 2.45) is 0 Å². The first-order valence-corrected chi connectivity index (χ1v) is 11.1. The smallest absolute Gasteiger partial charge is 0.162 e. The molecule has 0 saturated heterocycles. The number of hydrogen-bond donors (Lipinski definition) is 0. The van der Waals surface area contributed by atoms with Crippen LogP contribution in [0.3, 0.4) is 0 Å². The SMILES string of the molecule is COc1cccc(Cn2cc3c(-c4ccc(C)c(C)c4)nnc-3c3cc(OC)c(OC)cc32)c1. The molecule has 0 N–H and O–H groups in total. The zero-order valence-corrected chi connectivity index (χ0v) is 20.0. The minimum absolute atomic E-state index is 0.649. The van der Waals surface area contributed by atoms with Crippen LogP contribution in [0, 0.1) is 13.8 Å². The van der Waals surface area contributed by atoms with Gasteiger partial charge in [-0.1, -0.05) is 24.3 Å². The Hall–Kier alpha value is -4.06. The molecule has 6 heteroatoms. The van der Waals surface area contributed by atoms with Crippen LogP contribution in [0.2, 0.25) is 0 Å². The second kappa shape index (κ2) is 8.71. The molecule has 172 valence electrons. The van der Waals surface area contributed by atoms with E-state index in [-0.39, 0.29) is 0 Å². The summed E-state index contributed by atoms with van der Waals surface area (Å²) >= 11 is 0. The van der Waals surface area contributed by atoms with Gasteiger partial charge in [-0.3, -0.25) is 0 Å². The highest BCUT2D eigenvalue weighted by molar-refractivity contribution is 5.99. The quantitative estimate of drug-likeness (QED) is 0.321. The summed E-state index contributed by atoms with van der Waals surface area (Å²) in [6, 6.07) is 18.5. The van der Waals surface area contributed by atoms with Crippen molar-refractivity contribution in [3.05, 3.63) is 77.5 Å². The molecule has 0 saturated carbocycles. The molecule has 0 spiro atoms. The fraction of sp³-hybridized carbons (Fsp3) is 0.214. The number of nitrogens with zero attached hydrogens (tertiary/aromatic N) is 3. The minimum atomic E-state index is 0.649. The van der Waals surface area contributed by atoms with Crippen LogP contribution in [-0.4, -0.2) is 36.1 Å². The molecule has 3 aromatic rings. The number of ether oxygens (including phenoxy) is 3. The molecule has 2 aliphatic rings. The number of aromatic nitrogens is 3. The lowest BCUT2D eigenvalue weighted by Gasteiger charge is -2.18. The Labute approximate surface area is 199 Å². The van der Waals surface area contributed by atoms with E-state index in [0.29, 0.717) is 18.0 Å². The van der Waals surface area contributed by atoms with Gasteiger partial charge in [0.25, 0.3) is 0 Å². The zero-order chi connectivity index (χ0) is 23.8. The highest BCUT2D eigenvalue weighted by atomic mass is 16.5. The Bertz CT molecular complexity index is 1470. The Balaban J connectivity index is 1.76. The van der Waals surface area contributed by atoms with Crippen molar-refractivity contribution >= 4 is 10.9 Å². The molecule has 0 atom stereocenters. The third-order valence-corrected chi connectivity index (χ3v) is 6.38. The summed E-state index contributed by atoms with van der Waals surface area (Å²) in [5.41, 5.74) is 8.34. The Kier molecular flexibility index (Phi) is 5.57. The molecular formula is C28H27N3O3. The Morgan fingerprint density at radius 1 is 0.765 bits per heavy atom. The standard InChI is InChI=1S/C28H27N3O3/c1-17-9-10-20(11-18(17)2)27-23-16-31(15-19-7-6-8-21(12-19)32-3)24-14-26(34-5)25(33-4)13-22(24)28(23)30-29-27/h6-14,16H,15H2,1-5H3. The van der Waals surface area contributed by atoms with Gasteiger partial charge >= 0.3 is 0 Å². The summed E-state index contributed by atoms with van der Waals surface area (Å²) < 4.78 is 18.9. The van der Waals surface area contributed by atoms with Crippen LogP contribution in [0.1, 0.15) is 16.7 Å². The molecule has 3 aromatic carbocycles. The number of aryl methyl sites for hydroxylation is 2. The molecule has 0 aliphatic carbocycles. The fourth-order valence-electron chi connectivity index (χ4n) is 4.36. The van der Waals surface area contributed by atoms with Gasteiger partial charge < -0.3 is 18.8 Å². The number of fused-ring (bicyclic) bond motifs is 3. The zero-order valence-electron chi connectivity index (χ0n) is 20.0. The number of hydrogen-bond acceptors (Lipinski definition) is 5. The summed E-state index contributed by atoms with van der Waals surface area (Å²) in [6.45, 7) is 4.88. The molecule has 0 radical (unpaired) electrons. The number of methoxy groups -OCH3 is 3. The van der Waals surface area contributed by atoms with Gasteiger partial charge in [-0.15, -0.1) is 10.2 Å². The summed E-state index contributed by atoms with van der Waals surface area (Å²) in [7, 11) is 4.97. The van der Waals surface area contributed by atoms with Crippen molar-refractivity contribution in [3.63, 3.8) is 0 Å². The molecule has 2 heterocycles. The van der Waals surface area contributed by atoms with Crippen molar-refractivity contribution in [2.45, 2.75) is 20.4 Å². The first-order chi connectivity index (χ1) is 16.5. The maximum Gasteiger partial charge on any atom is 0.162 e. The third kappa shape index (κ3) is 3.71. The number of rotatable bonds is 6. The summed E-state index contributed by atoms with van der Waals surface area (Å²) in [5, 5.41) is 10.2. The van der Waals surface area contributed by atoms with Crippen LogP contribution < -0.4 is 14.2 Å². The molecule has 0 bridgehead atoms. The van der Waals surface area contributed by atoms with Gasteiger partial charge in [-0.05, 0) is 54.8 Å². The van der Waals surface area contributed by atoms with E-state index < -0.39 is 0 Å². The van der Waals surface area contributed by atoms with Crippen LogP contribution >= 0.6 is 0 Å². The third-order valence-electron chi connectivity index (χ3n) is 6.38. The van der Waals surface area contributed by atoms with Gasteiger partial charge in [0.05, 0.1) is 26.8 Å². The normalized spacial score (nSPS) is 11.2. The topological polar surface area (TPSA) is 58.4 Å². The largest absolute Gasteiger partial charge is 0.497 e. The maximum atomic E-state index is 5.60. The van der Waals surface area contributed by atoms with E-state index in [9.17, 15) is 0 Å². The average Bonchev–Trinajstić information content (AvgIpc) is 3.29. The minimum Gasteiger partial charge on any atom is -0.497 e. The first-order valence-electron chi connectivity index (χ1n) is 11.1. The lowest BCUT2D eigenvalue weighted by atomic mass is 9.98. The maximum absolute atomic E-state index is 5.60. The van der Waals surface area contributed by atoms with Crippen molar-refractivity contribution in [1.82, 2.24) is 14.8 Å². The average molecular weight is 454 g/mol. The number of benzene rings is 3. The predicted octanol–water partition coefficient (Wildman–Crippen LogP) is 5.89. The predicted molar refractivity (Wildman–Crippen MR) is 134 cm³/mol. The first kappa shape index (κ1) is 21.8. The molecule has 0 amide bonds. The lowest BCUT2D eigenvalue weighted by Crippen LogP contribution is -2.05. The van der Waals surface area contributed by atoms with Gasteiger partial charge in [0, 0.05) is 35.3 Å². The number of pyridine rings is 1. The summed E-state index contributed by atoms with van der Waals surface area (Å²) in [4.78, 5) is 0. The van der Waals surface area contributed by atoms with Crippen molar-refractivity contribution in [2.75, 3.05) is 21.3 Å². The summed E-state index contributed by atoms with van der Waals surface area (Å²) in [5.74, 6) is 2.16. The van der Waals surface area contributed by atoms with E-state index in [1.807, 2.05) is 24.3 Å². The second-order valence-corrected chi connectivity index (χ2v) is 8.44. The monoisotopic (exact) mass is 453 g/mol. The lowest BCUT2D eigenvalue weighted by molar-refractivity contribution is 0.355. The van der Waals surface area contributed by atoms with Gasteiger partial charge in [0.2, 0.25) is 0 Å². The van der Waals surface area contributed by atoms with Crippen LogP contribution in [0.25, 0.3) is 33.4 Å². The Morgan fingerprint density at radius 3 is 2.26 bits per heavy atom. The molecular weight excluding hydrogens is 426 g/mol. The van der Waals surface area contributed by atoms with E-state index >= 15 is 0 Å². The van der Waals surface area contributed by atoms with E-state index in [4.69, 9.17) is 14.2 Å². The molecule has 5 rings (SSSR count). The molecule has 0 unspecified atom stereocenters. The van der Waals surface area contributed by atoms with Crippen LogP contribution in [0.15, 0.2) is 60.8 Å². The van der Waals surface area contributed by atoms with Crippen molar-refractivity contribution < 1.29 is 14.2 Å². The molecule has 34 heavy (non-hydrogen) atoms. The molecule has 0 fully saturated rings. The van der Waals surface area contributed by atoms with Crippen LogP contribution in [0.5, 0.6) is 17.2 Å². The van der Waals surface area contributed by atoms with Crippen molar-refractivity contribution in [3.8, 4) is 39.8 Å². The van der Waals surface area contributed by atoms with E-state index in [2.05, 4.69) is 65.1 Å². The van der Waals surface area contributed by atoms with Crippen molar-refractivity contribution in [1.29, 1.82) is 0 Å². The van der Waals surface area contributed by atoms with E-state index in [0.717, 1.165) is 44.7 Å². The Morgan fingerprint density at radius 2 is 1.53 bits per heavy atom. The highest BCUT2D eigenvalue weighted by Gasteiger charge is 2.22. The van der Waals surface area contributed by atoms with Gasteiger partial charge in [0.1, 0.15) is 17.1 Å². The molecule has 2 aliphatic heterocycles. The van der Waals surface area contributed by atoms with Crippen LogP contribution in [0.4, 0.5) is 0 Å². The molecule has 0 aromatic heterocycles. The van der Waals surface area contributed by atoms with Gasteiger partial charge in [0.15, 0.2) is 11.5 Å². The fourth-order valence-corrected chi connectivity index (χ4v) is 4.36. The molecule has 6 nitrogen and oxygen atoms in total. The second-order valence-electron chi connectivity index (χ2n) is 8.44. The van der Waals surface area contributed by atoms with E-state index in [1.54, 1.807) is 21.3 Å². The van der Waals surface area contributed by atoms with Crippen LogP contribution in [-0.2, 0) is 6.54 Å². The van der Waals surface area contributed by atoms with Gasteiger partial charge in [-0.2, -0.15) is 0 Å². The van der Waals surface area contributed by atoms with Gasteiger partial charge in [-0.25, -0.2) is 0 Å².